The number of carbonyl (C=O) groups excluding carboxylic acids is 2. The molecular formula is C15H14N6O3. The summed E-state index contributed by atoms with van der Waals surface area (Å²) in [5.41, 5.74) is 0.306. The van der Waals surface area contributed by atoms with Crippen LogP contribution in [-0.2, 0) is 18.4 Å². The molecule has 1 aromatic carbocycles. The Labute approximate surface area is 136 Å². The first-order valence-electron chi connectivity index (χ1n) is 7.10. The number of aryl methyl sites for hydroxylation is 1. The maximum Gasteiger partial charge on any atom is 0.368 e. The third-order valence-electron chi connectivity index (χ3n) is 3.36. The molecule has 0 aliphatic rings. The lowest BCUT2D eigenvalue weighted by Crippen LogP contribution is -2.37. The highest BCUT2D eigenvalue weighted by Gasteiger charge is 2.16. The molecule has 2 heterocycles. The molecule has 9 heteroatoms. The molecule has 0 aliphatic heterocycles. The zero-order valence-electron chi connectivity index (χ0n) is 12.8. The van der Waals surface area contributed by atoms with Crippen molar-refractivity contribution in [1.29, 1.82) is 0 Å². The van der Waals surface area contributed by atoms with Crippen molar-refractivity contribution < 1.29 is 9.59 Å². The van der Waals surface area contributed by atoms with E-state index in [0.717, 1.165) is 9.36 Å². The van der Waals surface area contributed by atoms with Gasteiger partial charge in [0, 0.05) is 13.2 Å². The maximum atomic E-state index is 12.2. The van der Waals surface area contributed by atoms with Crippen molar-refractivity contribution in [2.45, 2.75) is 6.54 Å². The van der Waals surface area contributed by atoms with Crippen molar-refractivity contribution in [2.75, 3.05) is 0 Å². The fourth-order valence-electron chi connectivity index (χ4n) is 2.17. The van der Waals surface area contributed by atoms with Crippen LogP contribution in [0.25, 0.3) is 5.69 Å². The van der Waals surface area contributed by atoms with Crippen LogP contribution in [0.1, 0.15) is 10.5 Å². The van der Waals surface area contributed by atoms with Gasteiger partial charge < -0.3 is 4.57 Å². The molecule has 0 atom stereocenters. The molecule has 0 unspecified atom stereocenters. The molecule has 0 saturated heterocycles. The van der Waals surface area contributed by atoms with E-state index in [1.807, 2.05) is 6.07 Å². The van der Waals surface area contributed by atoms with Gasteiger partial charge in [-0.2, -0.15) is 9.36 Å². The molecule has 0 saturated carbocycles. The van der Waals surface area contributed by atoms with Gasteiger partial charge in [-0.15, -0.1) is 0 Å². The van der Waals surface area contributed by atoms with E-state index in [0.29, 0.717) is 11.4 Å². The van der Waals surface area contributed by atoms with Crippen LogP contribution in [-0.4, -0.2) is 36.2 Å². The van der Waals surface area contributed by atoms with Gasteiger partial charge in [0.15, 0.2) is 0 Å². The molecule has 0 bridgehead atoms. The third kappa shape index (κ3) is 3.00. The van der Waals surface area contributed by atoms with Gasteiger partial charge in [-0.3, -0.25) is 14.9 Å². The van der Waals surface area contributed by atoms with E-state index < -0.39 is 24.0 Å². The summed E-state index contributed by atoms with van der Waals surface area (Å²) in [6, 6.07) is 12.0. The molecule has 3 aromatic rings. The topological polar surface area (TPSA) is 104 Å². The largest absolute Gasteiger partial charge is 0.368 e. The lowest BCUT2D eigenvalue weighted by atomic mass is 10.3. The molecule has 1 N–H and O–H groups in total. The SMILES string of the molecule is Cn1cccc1C(=O)NC(=O)Cn1nnn(-c2ccccc2)c1=O. The van der Waals surface area contributed by atoms with E-state index in [1.54, 1.807) is 54.2 Å². The Bertz CT molecular complexity index is 938. The first kappa shape index (κ1) is 15.4. The van der Waals surface area contributed by atoms with Gasteiger partial charge in [-0.25, -0.2) is 4.79 Å². The van der Waals surface area contributed by atoms with Crippen molar-refractivity contribution in [3.63, 3.8) is 0 Å². The average Bonchev–Trinajstić information content (AvgIpc) is 3.15. The highest BCUT2D eigenvalue weighted by molar-refractivity contribution is 6.03. The number of para-hydroxylation sites is 1. The highest BCUT2D eigenvalue weighted by Crippen LogP contribution is 2.01. The van der Waals surface area contributed by atoms with E-state index in [4.69, 9.17) is 0 Å². The second kappa shape index (κ2) is 6.32. The van der Waals surface area contributed by atoms with Gasteiger partial charge in [-0.1, -0.05) is 18.2 Å². The molecule has 0 spiro atoms. The average molecular weight is 326 g/mol. The molecule has 3 rings (SSSR count). The van der Waals surface area contributed by atoms with Crippen LogP contribution in [0.2, 0.25) is 0 Å². The number of aromatic nitrogens is 5. The summed E-state index contributed by atoms with van der Waals surface area (Å²) in [6.45, 7) is -0.401. The number of tetrazole rings is 1. The zero-order valence-corrected chi connectivity index (χ0v) is 12.8. The summed E-state index contributed by atoms with van der Waals surface area (Å²) >= 11 is 0. The Kier molecular flexibility index (Phi) is 4.06. The lowest BCUT2D eigenvalue weighted by molar-refractivity contribution is -0.120. The lowest BCUT2D eigenvalue weighted by Gasteiger charge is -2.04. The molecule has 2 amide bonds. The minimum atomic E-state index is -0.650. The Morgan fingerprint density at radius 1 is 1.08 bits per heavy atom. The summed E-state index contributed by atoms with van der Waals surface area (Å²) in [5, 5.41) is 9.60. The Balaban J connectivity index is 1.72. The van der Waals surface area contributed by atoms with E-state index in [1.165, 1.54) is 0 Å². The van der Waals surface area contributed by atoms with Crippen molar-refractivity contribution in [1.82, 2.24) is 29.7 Å². The van der Waals surface area contributed by atoms with Crippen LogP contribution < -0.4 is 11.0 Å². The van der Waals surface area contributed by atoms with E-state index in [-0.39, 0.29) is 0 Å². The van der Waals surface area contributed by atoms with Crippen LogP contribution in [0.15, 0.2) is 53.5 Å². The quantitative estimate of drug-likeness (QED) is 0.710. The van der Waals surface area contributed by atoms with Gasteiger partial charge >= 0.3 is 5.69 Å². The molecular weight excluding hydrogens is 312 g/mol. The standard InChI is InChI=1S/C15H14N6O3/c1-19-9-5-8-12(19)14(23)16-13(22)10-20-15(24)21(18-17-20)11-6-3-2-4-7-11/h2-9H,10H2,1H3,(H,16,22,23). The minimum absolute atomic E-state index is 0.337. The Morgan fingerprint density at radius 3 is 2.50 bits per heavy atom. The fourth-order valence-corrected chi connectivity index (χ4v) is 2.17. The molecule has 0 aliphatic carbocycles. The monoisotopic (exact) mass is 326 g/mol. The van der Waals surface area contributed by atoms with E-state index in [9.17, 15) is 14.4 Å². The van der Waals surface area contributed by atoms with Crippen molar-refractivity contribution in [2.24, 2.45) is 7.05 Å². The summed E-state index contributed by atoms with van der Waals surface area (Å²) in [5.74, 6) is -1.19. The Hall–Kier alpha value is -3.49. The number of rotatable bonds is 4. The van der Waals surface area contributed by atoms with Crippen LogP contribution >= 0.6 is 0 Å². The number of benzene rings is 1. The van der Waals surface area contributed by atoms with Gasteiger partial charge in [-0.05, 0) is 34.7 Å². The second-order valence-corrected chi connectivity index (χ2v) is 5.05. The number of amides is 2. The third-order valence-corrected chi connectivity index (χ3v) is 3.36. The normalized spacial score (nSPS) is 10.5. The van der Waals surface area contributed by atoms with Gasteiger partial charge in [0.2, 0.25) is 5.91 Å². The molecule has 2 aromatic heterocycles. The number of nitrogens with zero attached hydrogens (tertiary/aromatic N) is 5. The first-order valence-corrected chi connectivity index (χ1v) is 7.10. The van der Waals surface area contributed by atoms with Crippen LogP contribution in [0.4, 0.5) is 0 Å². The van der Waals surface area contributed by atoms with Crippen molar-refractivity contribution in [3.8, 4) is 5.69 Å². The van der Waals surface area contributed by atoms with Crippen LogP contribution in [0.3, 0.4) is 0 Å². The van der Waals surface area contributed by atoms with Crippen molar-refractivity contribution >= 4 is 11.8 Å². The van der Waals surface area contributed by atoms with Crippen LogP contribution in [0, 0.1) is 0 Å². The van der Waals surface area contributed by atoms with E-state index in [2.05, 4.69) is 15.7 Å². The summed E-state index contributed by atoms with van der Waals surface area (Å²) in [6.07, 6.45) is 1.69. The predicted octanol–water partition coefficient (Wildman–Crippen LogP) is -0.276. The maximum absolute atomic E-state index is 12.2. The fraction of sp³-hybridized carbons (Fsp3) is 0.133. The molecule has 0 fully saturated rings. The number of imide groups is 1. The number of hydrogen-bond donors (Lipinski definition) is 1. The summed E-state index contributed by atoms with van der Waals surface area (Å²) < 4.78 is 3.55. The van der Waals surface area contributed by atoms with E-state index >= 15 is 0 Å². The predicted molar refractivity (Wildman–Crippen MR) is 83.5 cm³/mol. The van der Waals surface area contributed by atoms with Crippen molar-refractivity contribution in [3.05, 3.63) is 64.8 Å². The molecule has 0 radical (unpaired) electrons. The Morgan fingerprint density at radius 2 is 1.83 bits per heavy atom. The first-order chi connectivity index (χ1) is 11.6. The number of hydrogen-bond acceptors (Lipinski definition) is 5. The summed E-state index contributed by atoms with van der Waals surface area (Å²) in [4.78, 5) is 36.1. The molecule has 24 heavy (non-hydrogen) atoms. The number of nitrogens with one attached hydrogen (secondary N) is 1. The molecule has 122 valence electrons. The number of carbonyl (C=O) groups is 2. The highest BCUT2D eigenvalue weighted by atomic mass is 16.2. The summed E-state index contributed by atoms with van der Waals surface area (Å²) in [7, 11) is 1.69. The van der Waals surface area contributed by atoms with Gasteiger partial charge in [0.1, 0.15) is 12.2 Å². The molecule has 9 nitrogen and oxygen atoms in total. The smallest absolute Gasteiger partial charge is 0.347 e. The van der Waals surface area contributed by atoms with Crippen LogP contribution in [0.5, 0.6) is 0 Å². The second-order valence-electron chi connectivity index (χ2n) is 5.05. The zero-order chi connectivity index (χ0) is 17.1. The van der Waals surface area contributed by atoms with Gasteiger partial charge in [0.05, 0.1) is 5.69 Å². The minimum Gasteiger partial charge on any atom is -0.347 e. The van der Waals surface area contributed by atoms with Gasteiger partial charge in [0.25, 0.3) is 5.91 Å².